The summed E-state index contributed by atoms with van der Waals surface area (Å²) in [4.78, 5) is 6.26. The molecular weight excluding hydrogens is 407 g/mol. The first kappa shape index (κ1) is 21.9. The van der Waals surface area contributed by atoms with Crippen molar-refractivity contribution >= 4 is 30.3 Å². The minimum absolute atomic E-state index is 0.440. The summed E-state index contributed by atoms with van der Waals surface area (Å²) >= 11 is 1.46. The van der Waals surface area contributed by atoms with Crippen LogP contribution in [-0.4, -0.2) is 50.0 Å². The summed E-state index contributed by atoms with van der Waals surface area (Å²) in [6, 6.07) is 10.1. The van der Waals surface area contributed by atoms with Gasteiger partial charge in [-0.25, -0.2) is 0 Å². The number of rotatable bonds is 8. The second kappa shape index (κ2) is 9.86. The van der Waals surface area contributed by atoms with E-state index in [1.54, 1.807) is 0 Å². The Morgan fingerprint density at radius 1 is 1.29 bits per heavy atom. The number of nitriles is 1. The lowest BCUT2D eigenvalue weighted by Crippen LogP contribution is -2.31. The molecule has 3 heterocycles. The van der Waals surface area contributed by atoms with Crippen molar-refractivity contribution in [3.05, 3.63) is 45.3 Å². The van der Waals surface area contributed by atoms with Crippen LogP contribution in [-0.2, 0) is 19.6 Å². The zero-order valence-corrected chi connectivity index (χ0v) is 19.4. The van der Waals surface area contributed by atoms with Crippen LogP contribution >= 0.6 is 11.3 Å². The van der Waals surface area contributed by atoms with Crippen LogP contribution in [0.2, 0.25) is 0 Å². The highest BCUT2D eigenvalue weighted by Gasteiger charge is 2.20. The first-order valence-electron chi connectivity index (χ1n) is 10.9. The lowest BCUT2D eigenvalue weighted by molar-refractivity contribution is 0.270. The molecule has 162 valence electrons. The van der Waals surface area contributed by atoms with E-state index in [0.717, 1.165) is 51.6 Å². The van der Waals surface area contributed by atoms with Gasteiger partial charge in [0.2, 0.25) is 0 Å². The number of fused-ring (bicyclic) bond motifs is 1. The van der Waals surface area contributed by atoms with Gasteiger partial charge in [0.25, 0.3) is 0 Å². The molecule has 1 aliphatic rings. The van der Waals surface area contributed by atoms with Crippen molar-refractivity contribution in [2.75, 3.05) is 27.2 Å². The summed E-state index contributed by atoms with van der Waals surface area (Å²) in [5.41, 5.74) is 2.91. The second-order valence-corrected chi connectivity index (χ2v) is 9.91. The Kier molecular flexibility index (Phi) is 6.96. The van der Waals surface area contributed by atoms with Crippen LogP contribution in [0.15, 0.2) is 28.8 Å². The monoisotopic (exact) mass is 436 g/mol. The summed E-state index contributed by atoms with van der Waals surface area (Å²) in [5.74, 6) is 1.59. The predicted molar refractivity (Wildman–Crippen MR) is 126 cm³/mol. The van der Waals surface area contributed by atoms with Gasteiger partial charge in [0.1, 0.15) is 23.3 Å². The van der Waals surface area contributed by atoms with Gasteiger partial charge in [-0.05, 0) is 83.1 Å². The maximum Gasteiger partial charge on any atom is 0.185 e. The number of hydrogen-bond acceptors (Lipinski definition) is 7. The van der Waals surface area contributed by atoms with Gasteiger partial charge >= 0.3 is 0 Å². The molecule has 1 fully saturated rings. The molecule has 0 atom stereocenters. The largest absolute Gasteiger partial charge is 0.488 e. The smallest absolute Gasteiger partial charge is 0.185 e. The van der Waals surface area contributed by atoms with Crippen molar-refractivity contribution in [2.45, 2.75) is 38.8 Å². The molecule has 2 aromatic heterocycles. The van der Waals surface area contributed by atoms with Crippen LogP contribution in [0.5, 0.6) is 5.75 Å². The van der Waals surface area contributed by atoms with Crippen LogP contribution in [0.4, 0.5) is 0 Å². The molecule has 1 aliphatic heterocycles. The van der Waals surface area contributed by atoms with Crippen LogP contribution in [0.25, 0.3) is 11.0 Å². The molecule has 6 nitrogen and oxygen atoms in total. The zero-order valence-electron chi connectivity index (χ0n) is 18.6. The molecule has 0 saturated carbocycles. The molecule has 0 N–H and O–H groups in total. The fourth-order valence-corrected chi connectivity index (χ4v) is 4.95. The van der Waals surface area contributed by atoms with E-state index in [-0.39, 0.29) is 0 Å². The van der Waals surface area contributed by atoms with Crippen molar-refractivity contribution in [3.8, 4) is 11.8 Å². The molecule has 31 heavy (non-hydrogen) atoms. The molecule has 0 amide bonds. The quantitative estimate of drug-likeness (QED) is 0.503. The first-order chi connectivity index (χ1) is 15.0. The molecule has 3 aromatic rings. The molecule has 0 radical (unpaired) electrons. The van der Waals surface area contributed by atoms with Crippen LogP contribution in [0.3, 0.4) is 0 Å². The number of aryl methyl sites for hydroxylation is 1. The van der Waals surface area contributed by atoms with E-state index < -0.39 is 0 Å². The molecule has 0 bridgehead atoms. The van der Waals surface area contributed by atoms with E-state index in [2.05, 4.69) is 35.0 Å². The van der Waals surface area contributed by atoms with E-state index in [4.69, 9.17) is 14.5 Å². The number of thiophene rings is 1. The average Bonchev–Trinajstić information content (AvgIpc) is 3.39. The standard InChI is InChI=1S/C23H29BN4O2S/c1-27(2)14-20-22(29-15-18-5-4-17(13-25)31-18)8-6-19-21(26-30-23(19)20)7-3-16-9-11-28(24)12-10-16/h4-6,8,16H,3,7,9-12,14-15,24H2,1-2H3. The Bertz CT molecular complexity index is 1060. The fraction of sp³-hybridized carbons (Fsp3) is 0.478. The van der Waals surface area contributed by atoms with Gasteiger partial charge in [-0.3, -0.25) is 0 Å². The predicted octanol–water partition coefficient (Wildman–Crippen LogP) is 3.59. The van der Waals surface area contributed by atoms with Gasteiger partial charge in [-0.15, -0.1) is 11.3 Å². The molecule has 1 aromatic carbocycles. The zero-order chi connectivity index (χ0) is 21.8. The Hall–Kier alpha value is -2.34. The van der Waals surface area contributed by atoms with Crippen LogP contribution in [0, 0.1) is 17.2 Å². The topological polar surface area (TPSA) is 65.5 Å². The Balaban J connectivity index is 1.51. The van der Waals surface area contributed by atoms with Crippen LogP contribution in [0.1, 0.15) is 40.3 Å². The number of nitrogens with zero attached hydrogens (tertiary/aromatic N) is 4. The van der Waals surface area contributed by atoms with E-state index in [1.807, 2.05) is 32.3 Å². The number of ether oxygens (including phenoxy) is 1. The minimum Gasteiger partial charge on any atom is -0.488 e. The first-order valence-corrected chi connectivity index (χ1v) is 11.7. The third-order valence-electron chi connectivity index (χ3n) is 6.02. The summed E-state index contributed by atoms with van der Waals surface area (Å²) in [5, 5.41) is 14.6. The van der Waals surface area contributed by atoms with Crippen molar-refractivity contribution in [1.29, 1.82) is 5.26 Å². The lowest BCUT2D eigenvalue weighted by atomic mass is 9.90. The molecule has 8 heteroatoms. The number of benzene rings is 1. The van der Waals surface area contributed by atoms with E-state index in [1.165, 1.54) is 37.3 Å². The summed E-state index contributed by atoms with van der Waals surface area (Å²) in [6.07, 6.45) is 4.66. The third kappa shape index (κ3) is 5.29. The molecule has 1 saturated heterocycles. The van der Waals surface area contributed by atoms with Crippen molar-refractivity contribution in [3.63, 3.8) is 0 Å². The van der Waals surface area contributed by atoms with E-state index >= 15 is 0 Å². The highest BCUT2D eigenvalue weighted by molar-refractivity contribution is 7.12. The van der Waals surface area contributed by atoms with Gasteiger partial charge in [-0.1, -0.05) is 5.16 Å². The molecule has 4 rings (SSSR count). The van der Waals surface area contributed by atoms with Gasteiger partial charge in [0.15, 0.2) is 13.6 Å². The van der Waals surface area contributed by atoms with E-state index in [9.17, 15) is 0 Å². The maximum atomic E-state index is 9.03. The summed E-state index contributed by atoms with van der Waals surface area (Å²) < 4.78 is 12.0. The highest BCUT2D eigenvalue weighted by Crippen LogP contribution is 2.33. The fourth-order valence-electron chi connectivity index (χ4n) is 4.23. The Morgan fingerprint density at radius 2 is 2.10 bits per heavy atom. The SMILES string of the molecule is BN1CCC(CCc2noc3c(CN(C)C)c(OCc4ccc(C#N)s4)ccc23)CC1. The Labute approximate surface area is 188 Å². The van der Waals surface area contributed by atoms with Crippen molar-refractivity contribution in [2.24, 2.45) is 5.92 Å². The number of piperidine rings is 1. The van der Waals surface area contributed by atoms with Crippen molar-refractivity contribution < 1.29 is 9.26 Å². The minimum atomic E-state index is 0.440. The normalized spacial score (nSPS) is 15.5. The average molecular weight is 436 g/mol. The molecule has 0 aliphatic carbocycles. The van der Waals surface area contributed by atoms with Gasteiger partial charge in [0, 0.05) is 16.8 Å². The maximum absolute atomic E-state index is 9.03. The summed E-state index contributed by atoms with van der Waals surface area (Å²) in [6.45, 7) is 3.54. The van der Waals surface area contributed by atoms with Gasteiger partial charge in [0.05, 0.1) is 11.3 Å². The van der Waals surface area contributed by atoms with Gasteiger partial charge < -0.3 is 19.0 Å². The Morgan fingerprint density at radius 3 is 2.81 bits per heavy atom. The van der Waals surface area contributed by atoms with Crippen LogP contribution < -0.4 is 4.74 Å². The van der Waals surface area contributed by atoms with Gasteiger partial charge in [-0.2, -0.15) is 5.26 Å². The van der Waals surface area contributed by atoms with Crippen molar-refractivity contribution in [1.82, 2.24) is 14.9 Å². The second-order valence-electron chi connectivity index (χ2n) is 8.74. The molecule has 0 unspecified atom stereocenters. The summed E-state index contributed by atoms with van der Waals surface area (Å²) in [7, 11) is 6.28. The lowest BCUT2D eigenvalue weighted by Gasteiger charge is -2.29. The van der Waals surface area contributed by atoms with E-state index in [0.29, 0.717) is 18.0 Å². The molecular formula is C23H29BN4O2S. The number of aromatic nitrogens is 1. The third-order valence-corrected chi connectivity index (χ3v) is 6.98. The highest BCUT2D eigenvalue weighted by atomic mass is 32.1. The molecule has 0 spiro atoms. The number of hydrogen-bond donors (Lipinski definition) is 0.